The molecule has 0 aliphatic heterocycles. The van der Waals surface area contributed by atoms with E-state index in [0.29, 0.717) is 0 Å². The molecule has 0 N–H and O–H groups in total. The molecule has 0 bridgehead atoms. The van der Waals surface area contributed by atoms with Gasteiger partial charge in [-0.3, -0.25) is 0 Å². The van der Waals surface area contributed by atoms with E-state index in [0.717, 1.165) is 6.42 Å². The zero-order chi connectivity index (χ0) is 2.71. The molecule has 0 unspecified atom stereocenters. The minimum absolute atomic E-state index is 0. The third kappa shape index (κ3) is 21.6. The topological polar surface area (TPSA) is 0 Å². The van der Waals surface area contributed by atoms with Crippen molar-refractivity contribution in [2.24, 2.45) is 0 Å². The first kappa shape index (κ1) is 8.82. The van der Waals surface area contributed by atoms with Crippen LogP contribution in [-0.4, -0.2) is 0 Å². The summed E-state index contributed by atoms with van der Waals surface area (Å²) in [5, 5.41) is 0. The van der Waals surface area contributed by atoms with Gasteiger partial charge in [0.25, 0.3) is 0 Å². The van der Waals surface area contributed by atoms with Crippen LogP contribution in [0.3, 0.4) is 0 Å². The molecule has 0 fully saturated rings. The first-order valence-corrected chi connectivity index (χ1v) is 1.21. The summed E-state index contributed by atoms with van der Waals surface area (Å²) in [7, 11) is 0. The molecule has 0 saturated carbocycles. The van der Waals surface area contributed by atoms with Gasteiger partial charge in [-0.15, -0.1) is 0 Å². The van der Waals surface area contributed by atoms with E-state index < -0.39 is 0 Å². The van der Waals surface area contributed by atoms with Crippen molar-refractivity contribution >= 4 is 0 Å². The first-order chi connectivity index (χ1) is 1.41. The predicted octanol–water partition coefficient (Wildman–Crippen LogP) is 1.23. The maximum absolute atomic E-state index is 3.49. The van der Waals surface area contributed by atoms with Crippen LogP contribution in [0.4, 0.5) is 0 Å². The van der Waals surface area contributed by atoms with Gasteiger partial charge in [-0.2, -0.15) is 0 Å². The second-order valence-electron chi connectivity index (χ2n) is 0.500. The first-order valence-electron chi connectivity index (χ1n) is 1.21. The van der Waals surface area contributed by atoms with Gasteiger partial charge in [-0.1, -0.05) is 20.3 Å². The third-order valence-electron chi connectivity index (χ3n) is 0. The van der Waals surface area contributed by atoms with Crippen LogP contribution in [0.25, 0.3) is 0 Å². The molecule has 0 aromatic rings. The Morgan fingerprint density at radius 1 is 1.75 bits per heavy atom. The van der Waals surface area contributed by atoms with E-state index in [1.807, 2.05) is 6.92 Å². The average Bonchev–Trinajstić information content (AvgIpc) is 0.918. The summed E-state index contributed by atoms with van der Waals surface area (Å²) in [5.41, 5.74) is 0. The van der Waals surface area contributed by atoms with E-state index in [1.54, 1.807) is 0 Å². The summed E-state index contributed by atoms with van der Waals surface area (Å²) in [5.74, 6) is 0. The molecule has 0 rings (SSSR count). The van der Waals surface area contributed by atoms with Crippen LogP contribution in [0.2, 0.25) is 0 Å². The average molecular weight is 107 g/mol. The van der Waals surface area contributed by atoms with Crippen molar-refractivity contribution in [1.82, 2.24) is 0 Å². The zero-order valence-corrected chi connectivity index (χ0v) is 3.66. The molecule has 0 heterocycles. The monoisotopic (exact) mass is 106 g/mol. The third-order valence-corrected chi connectivity index (χ3v) is 0. The van der Waals surface area contributed by atoms with Gasteiger partial charge in [0.2, 0.25) is 0 Å². The van der Waals surface area contributed by atoms with Gasteiger partial charge in [0, 0.05) is 17.1 Å². The normalized spacial score (nSPS) is 4.50. The summed E-state index contributed by atoms with van der Waals surface area (Å²) in [6.45, 7) is 5.50. The second kappa shape index (κ2) is 9.68. The van der Waals surface area contributed by atoms with E-state index in [-0.39, 0.29) is 17.1 Å². The van der Waals surface area contributed by atoms with Crippen LogP contribution in [-0.2, 0) is 17.1 Å². The molecule has 0 spiro atoms. The van der Waals surface area contributed by atoms with Crippen LogP contribution in [0.5, 0.6) is 0 Å². The van der Waals surface area contributed by atoms with Gasteiger partial charge in [0.1, 0.15) is 0 Å². The summed E-state index contributed by atoms with van der Waals surface area (Å²) in [4.78, 5) is 0. The van der Waals surface area contributed by atoms with Crippen molar-refractivity contribution in [2.45, 2.75) is 13.3 Å². The van der Waals surface area contributed by atoms with Gasteiger partial charge in [0.15, 0.2) is 0 Å². The Labute approximate surface area is 38.1 Å². The molecule has 0 atom stereocenters. The molecule has 30 valence electrons. The zero-order valence-electron chi connectivity index (χ0n) is 2.72. The van der Waals surface area contributed by atoms with Crippen LogP contribution in [0.1, 0.15) is 13.3 Å². The molecule has 2 radical (unpaired) electrons. The van der Waals surface area contributed by atoms with E-state index in [4.69, 9.17) is 0 Å². The van der Waals surface area contributed by atoms with Gasteiger partial charge < -0.3 is 0 Å². The standard InChI is InChI=1S/C3H7.Cu/c1-3-2;/h1,3H2,2H3;. The SMILES string of the molecule is [CH2]CC.[Cu]. The Bertz CT molecular complexity index is 3.25. The minimum Gasteiger partial charge on any atom is -0.0654 e. The summed E-state index contributed by atoms with van der Waals surface area (Å²) >= 11 is 0. The van der Waals surface area contributed by atoms with E-state index in [9.17, 15) is 0 Å². The summed E-state index contributed by atoms with van der Waals surface area (Å²) < 4.78 is 0. The van der Waals surface area contributed by atoms with Crippen molar-refractivity contribution in [1.29, 1.82) is 0 Å². The van der Waals surface area contributed by atoms with E-state index >= 15 is 0 Å². The van der Waals surface area contributed by atoms with Gasteiger partial charge in [0.05, 0.1) is 0 Å². The van der Waals surface area contributed by atoms with Crippen molar-refractivity contribution in [3.8, 4) is 0 Å². The molecule has 0 aliphatic carbocycles. The van der Waals surface area contributed by atoms with Crippen molar-refractivity contribution < 1.29 is 17.1 Å². The van der Waals surface area contributed by atoms with Crippen LogP contribution >= 0.6 is 0 Å². The smallest absolute Gasteiger partial charge is 0 e. The maximum Gasteiger partial charge on any atom is 0 e. The predicted molar refractivity (Wildman–Crippen MR) is 15.6 cm³/mol. The quantitative estimate of drug-likeness (QED) is 0.408. The molecule has 1 heteroatoms. The molecule has 0 aromatic carbocycles. The van der Waals surface area contributed by atoms with Crippen molar-refractivity contribution in [3.63, 3.8) is 0 Å². The van der Waals surface area contributed by atoms with Crippen molar-refractivity contribution in [2.75, 3.05) is 0 Å². The Balaban J connectivity index is 0. The van der Waals surface area contributed by atoms with Crippen LogP contribution in [0.15, 0.2) is 0 Å². The molecule has 0 amide bonds. The van der Waals surface area contributed by atoms with Crippen LogP contribution < -0.4 is 0 Å². The Morgan fingerprint density at radius 2 is 1.75 bits per heavy atom. The van der Waals surface area contributed by atoms with E-state index in [2.05, 4.69) is 6.92 Å². The summed E-state index contributed by atoms with van der Waals surface area (Å²) in [6.07, 6.45) is 1.00. The number of hydrogen-bond acceptors (Lipinski definition) is 0. The van der Waals surface area contributed by atoms with Gasteiger partial charge in [-0.25, -0.2) is 0 Å². The Kier molecular flexibility index (Phi) is 21.3. The maximum atomic E-state index is 3.49. The fraction of sp³-hybridized carbons (Fsp3) is 0.667. The molecule has 0 aliphatic rings. The molecule has 0 nitrogen and oxygen atoms in total. The fourth-order valence-corrected chi connectivity index (χ4v) is 0. The van der Waals surface area contributed by atoms with Crippen LogP contribution in [0, 0.1) is 6.92 Å². The largest absolute Gasteiger partial charge is 0.0654 e. The second-order valence-corrected chi connectivity index (χ2v) is 0.500. The minimum atomic E-state index is 0. The summed E-state index contributed by atoms with van der Waals surface area (Å²) in [6, 6.07) is 0. The molecular formula is C3H7Cu. The molecular weight excluding hydrogens is 99.6 g/mol. The Hall–Kier alpha value is 0.519. The van der Waals surface area contributed by atoms with Gasteiger partial charge >= 0.3 is 0 Å². The molecule has 0 aromatic heterocycles. The molecule has 0 saturated heterocycles. The fourth-order valence-electron chi connectivity index (χ4n) is 0. The van der Waals surface area contributed by atoms with Gasteiger partial charge in [-0.05, 0) is 0 Å². The van der Waals surface area contributed by atoms with Crippen molar-refractivity contribution in [3.05, 3.63) is 6.92 Å². The van der Waals surface area contributed by atoms with E-state index in [1.165, 1.54) is 0 Å². The number of rotatable bonds is 0. The number of hydrogen-bond donors (Lipinski definition) is 0. The Morgan fingerprint density at radius 3 is 1.75 bits per heavy atom. The molecule has 4 heavy (non-hydrogen) atoms.